The number of anilines is 1. The molecule has 164 valence electrons. The SMILES string of the molecule is Cc1nn(CC(=O)Nc2ccc(C(C)C)cc2)c2nc(-c3ccccc3)cc(C(F)F)c12. The molecule has 0 fully saturated rings. The molecule has 0 bridgehead atoms. The Morgan fingerprint density at radius 3 is 2.38 bits per heavy atom. The van der Waals surface area contributed by atoms with Gasteiger partial charge in [-0.05, 0) is 36.6 Å². The van der Waals surface area contributed by atoms with Crippen LogP contribution in [-0.2, 0) is 11.3 Å². The molecule has 7 heteroatoms. The van der Waals surface area contributed by atoms with Crippen molar-refractivity contribution in [1.82, 2.24) is 14.8 Å². The Bertz CT molecular complexity index is 1250. The molecule has 0 atom stereocenters. The molecular weight excluding hydrogens is 410 g/mol. The molecule has 0 aliphatic heterocycles. The molecule has 5 nitrogen and oxygen atoms in total. The van der Waals surface area contributed by atoms with Crippen LogP contribution in [0.3, 0.4) is 0 Å². The lowest BCUT2D eigenvalue weighted by molar-refractivity contribution is -0.116. The van der Waals surface area contributed by atoms with Crippen LogP contribution >= 0.6 is 0 Å². The second kappa shape index (κ2) is 8.86. The largest absolute Gasteiger partial charge is 0.324 e. The third-order valence-electron chi connectivity index (χ3n) is 5.37. The fraction of sp³-hybridized carbons (Fsp3) is 0.240. The molecule has 2 aromatic carbocycles. The minimum Gasteiger partial charge on any atom is -0.324 e. The Balaban J connectivity index is 1.68. The van der Waals surface area contributed by atoms with Gasteiger partial charge in [0.2, 0.25) is 5.91 Å². The summed E-state index contributed by atoms with van der Waals surface area (Å²) >= 11 is 0. The first-order chi connectivity index (χ1) is 15.3. The number of benzene rings is 2. The number of amides is 1. The molecule has 0 saturated carbocycles. The number of aromatic nitrogens is 3. The van der Waals surface area contributed by atoms with Crippen LogP contribution in [0.2, 0.25) is 0 Å². The summed E-state index contributed by atoms with van der Waals surface area (Å²) < 4.78 is 29.1. The van der Waals surface area contributed by atoms with E-state index in [0.29, 0.717) is 23.0 Å². The van der Waals surface area contributed by atoms with E-state index in [1.54, 1.807) is 6.92 Å². The molecule has 1 amide bonds. The van der Waals surface area contributed by atoms with Crippen LogP contribution in [-0.4, -0.2) is 20.7 Å². The van der Waals surface area contributed by atoms with E-state index in [1.165, 1.54) is 16.3 Å². The third kappa shape index (κ3) is 4.37. The minimum atomic E-state index is -2.69. The van der Waals surface area contributed by atoms with Gasteiger partial charge in [-0.1, -0.05) is 56.3 Å². The molecule has 0 aliphatic carbocycles. The van der Waals surface area contributed by atoms with Crippen molar-refractivity contribution in [2.24, 2.45) is 0 Å². The van der Waals surface area contributed by atoms with Gasteiger partial charge in [-0.25, -0.2) is 18.4 Å². The normalized spacial score (nSPS) is 11.5. The molecule has 4 aromatic rings. The van der Waals surface area contributed by atoms with Crippen LogP contribution in [0.5, 0.6) is 0 Å². The molecule has 0 unspecified atom stereocenters. The summed E-state index contributed by atoms with van der Waals surface area (Å²) in [5.74, 6) is 0.0873. The highest BCUT2D eigenvalue weighted by Crippen LogP contribution is 2.33. The summed E-state index contributed by atoms with van der Waals surface area (Å²) in [5, 5.41) is 7.47. The van der Waals surface area contributed by atoms with E-state index >= 15 is 0 Å². The highest BCUT2D eigenvalue weighted by atomic mass is 19.3. The van der Waals surface area contributed by atoms with Crippen molar-refractivity contribution in [3.05, 3.63) is 77.5 Å². The van der Waals surface area contributed by atoms with Crippen molar-refractivity contribution in [3.63, 3.8) is 0 Å². The van der Waals surface area contributed by atoms with E-state index in [4.69, 9.17) is 0 Å². The first-order valence-corrected chi connectivity index (χ1v) is 10.4. The van der Waals surface area contributed by atoms with E-state index < -0.39 is 6.43 Å². The van der Waals surface area contributed by atoms with E-state index in [0.717, 1.165) is 5.56 Å². The summed E-state index contributed by atoms with van der Waals surface area (Å²) in [4.78, 5) is 17.3. The maximum atomic E-state index is 13.9. The average molecular weight is 434 g/mol. The Labute approximate surface area is 185 Å². The molecule has 0 spiro atoms. The van der Waals surface area contributed by atoms with Gasteiger partial charge in [0.1, 0.15) is 6.54 Å². The topological polar surface area (TPSA) is 59.8 Å². The highest BCUT2D eigenvalue weighted by molar-refractivity contribution is 5.92. The van der Waals surface area contributed by atoms with E-state index in [-0.39, 0.29) is 29.0 Å². The predicted octanol–water partition coefficient (Wildman–Crippen LogP) is 6.11. The summed E-state index contributed by atoms with van der Waals surface area (Å²) in [6.07, 6.45) is -2.69. The molecule has 0 saturated heterocycles. The number of alkyl halides is 2. The first-order valence-electron chi connectivity index (χ1n) is 10.4. The molecule has 0 aliphatic rings. The van der Waals surface area contributed by atoms with Crippen LogP contribution in [0, 0.1) is 6.92 Å². The molecule has 2 aromatic heterocycles. The van der Waals surface area contributed by atoms with Crippen LogP contribution in [0.4, 0.5) is 14.5 Å². The Morgan fingerprint density at radius 2 is 1.75 bits per heavy atom. The summed E-state index contributed by atoms with van der Waals surface area (Å²) in [6.45, 7) is 5.72. The fourth-order valence-electron chi connectivity index (χ4n) is 3.71. The lowest BCUT2D eigenvalue weighted by Crippen LogP contribution is -2.20. The van der Waals surface area contributed by atoms with Gasteiger partial charge in [0.15, 0.2) is 5.65 Å². The van der Waals surface area contributed by atoms with Gasteiger partial charge in [-0.2, -0.15) is 5.10 Å². The second-order valence-electron chi connectivity index (χ2n) is 8.03. The Hall–Kier alpha value is -3.61. The molecule has 2 heterocycles. The van der Waals surface area contributed by atoms with Crippen LogP contribution in [0.1, 0.15) is 43.0 Å². The number of nitrogens with zero attached hydrogens (tertiary/aromatic N) is 3. The number of rotatable bonds is 6. The summed E-state index contributed by atoms with van der Waals surface area (Å²) in [7, 11) is 0. The van der Waals surface area contributed by atoms with Gasteiger partial charge in [0, 0.05) is 16.8 Å². The van der Waals surface area contributed by atoms with E-state index in [1.807, 2.05) is 54.6 Å². The van der Waals surface area contributed by atoms with Gasteiger partial charge in [0.05, 0.1) is 16.8 Å². The monoisotopic (exact) mass is 434 g/mol. The van der Waals surface area contributed by atoms with Crippen molar-refractivity contribution in [2.45, 2.75) is 39.7 Å². The van der Waals surface area contributed by atoms with Crippen molar-refractivity contribution in [3.8, 4) is 11.3 Å². The van der Waals surface area contributed by atoms with E-state index in [2.05, 4.69) is 29.2 Å². The first kappa shape index (κ1) is 21.6. The van der Waals surface area contributed by atoms with Gasteiger partial charge in [0.25, 0.3) is 6.43 Å². The van der Waals surface area contributed by atoms with E-state index in [9.17, 15) is 13.6 Å². The van der Waals surface area contributed by atoms with Crippen molar-refractivity contribution >= 4 is 22.6 Å². The predicted molar refractivity (Wildman–Crippen MR) is 122 cm³/mol. The molecular formula is C25H24F2N4O. The number of carbonyl (C=O) groups excluding carboxylic acids is 1. The van der Waals surface area contributed by atoms with Crippen LogP contribution in [0.15, 0.2) is 60.7 Å². The quantitative estimate of drug-likeness (QED) is 0.398. The van der Waals surface area contributed by atoms with Gasteiger partial charge < -0.3 is 5.32 Å². The van der Waals surface area contributed by atoms with Gasteiger partial charge >= 0.3 is 0 Å². The maximum Gasteiger partial charge on any atom is 0.264 e. The highest BCUT2D eigenvalue weighted by Gasteiger charge is 2.22. The number of halogens is 2. The number of hydrogen-bond donors (Lipinski definition) is 1. The Morgan fingerprint density at radius 1 is 1.06 bits per heavy atom. The van der Waals surface area contributed by atoms with Crippen LogP contribution in [0.25, 0.3) is 22.3 Å². The lowest BCUT2D eigenvalue weighted by atomic mass is 10.0. The third-order valence-corrected chi connectivity index (χ3v) is 5.37. The smallest absolute Gasteiger partial charge is 0.264 e. The fourth-order valence-corrected chi connectivity index (χ4v) is 3.71. The summed E-state index contributed by atoms with van der Waals surface area (Å²) in [5.41, 5.74) is 3.52. The van der Waals surface area contributed by atoms with Crippen molar-refractivity contribution in [2.75, 3.05) is 5.32 Å². The standard InChI is InChI=1S/C25H24F2N4O/c1-15(2)17-9-11-19(12-10-17)28-22(32)14-31-25-23(16(3)30-31)20(24(26)27)13-21(29-25)18-7-5-4-6-8-18/h4-13,15,24H,14H2,1-3H3,(H,28,32). The number of aryl methyl sites for hydroxylation is 1. The zero-order valence-corrected chi connectivity index (χ0v) is 18.1. The molecule has 4 rings (SSSR count). The lowest BCUT2D eigenvalue weighted by Gasteiger charge is -2.10. The van der Waals surface area contributed by atoms with Crippen LogP contribution < -0.4 is 5.32 Å². The number of pyridine rings is 1. The molecule has 1 N–H and O–H groups in total. The average Bonchev–Trinajstić information content (AvgIpc) is 3.09. The summed E-state index contributed by atoms with van der Waals surface area (Å²) in [6, 6.07) is 18.1. The second-order valence-corrected chi connectivity index (χ2v) is 8.03. The molecule has 0 radical (unpaired) electrons. The number of carbonyl (C=O) groups is 1. The molecule has 32 heavy (non-hydrogen) atoms. The van der Waals surface area contributed by atoms with Crippen molar-refractivity contribution in [1.29, 1.82) is 0 Å². The van der Waals surface area contributed by atoms with Crippen molar-refractivity contribution < 1.29 is 13.6 Å². The maximum absolute atomic E-state index is 13.9. The number of nitrogens with one attached hydrogen (secondary N) is 1. The van der Waals surface area contributed by atoms with Gasteiger partial charge in [-0.3, -0.25) is 4.79 Å². The number of fused-ring (bicyclic) bond motifs is 1. The Kier molecular flexibility index (Phi) is 5.99. The van der Waals surface area contributed by atoms with Gasteiger partial charge in [-0.15, -0.1) is 0 Å². The number of hydrogen-bond acceptors (Lipinski definition) is 3. The minimum absolute atomic E-state index is 0.135. The zero-order chi connectivity index (χ0) is 22.8. The zero-order valence-electron chi connectivity index (χ0n) is 18.1.